The van der Waals surface area contributed by atoms with Gasteiger partial charge in [0, 0.05) is 13.1 Å². The van der Waals surface area contributed by atoms with E-state index in [4.69, 9.17) is 4.74 Å². The van der Waals surface area contributed by atoms with Gasteiger partial charge < -0.3 is 14.9 Å². The molecule has 4 atom stereocenters. The summed E-state index contributed by atoms with van der Waals surface area (Å²) in [5.41, 5.74) is -1.05. The quantitative estimate of drug-likeness (QED) is 0.499. The van der Waals surface area contributed by atoms with Crippen LogP contribution in [0.15, 0.2) is 24.3 Å². The number of nitrogens with zero attached hydrogens (tertiary/aromatic N) is 1. The highest BCUT2D eigenvalue weighted by Crippen LogP contribution is 2.48. The van der Waals surface area contributed by atoms with Gasteiger partial charge in [-0.05, 0) is 24.6 Å². The summed E-state index contributed by atoms with van der Waals surface area (Å²) in [4.78, 5) is 38.8. The Morgan fingerprint density at radius 3 is 2.48 bits per heavy atom. The average Bonchev–Trinajstić information content (AvgIpc) is 3.06. The number of rotatable bonds is 4. The second-order valence-corrected chi connectivity index (χ2v) is 6.30. The van der Waals surface area contributed by atoms with E-state index in [9.17, 15) is 24.6 Å². The predicted octanol–water partition coefficient (Wildman–Crippen LogP) is -0.438. The zero-order valence-corrected chi connectivity index (χ0v) is 13.9. The van der Waals surface area contributed by atoms with Gasteiger partial charge in [-0.25, -0.2) is 4.79 Å². The highest BCUT2D eigenvalue weighted by atomic mass is 16.5. The molecule has 1 aromatic carbocycles. The van der Waals surface area contributed by atoms with Crippen LogP contribution in [-0.4, -0.2) is 58.7 Å². The minimum Gasteiger partial charge on any atom is -0.508 e. The lowest BCUT2D eigenvalue weighted by Crippen LogP contribution is -2.58. The molecule has 25 heavy (non-hydrogen) atoms. The van der Waals surface area contributed by atoms with Crippen LogP contribution < -0.4 is 5.32 Å². The van der Waals surface area contributed by atoms with E-state index >= 15 is 0 Å². The third kappa shape index (κ3) is 2.40. The summed E-state index contributed by atoms with van der Waals surface area (Å²) in [6.07, 6.45) is 0. The molecule has 1 aromatic rings. The number of fused-ring (bicyclic) bond motifs is 1. The smallest absolute Gasteiger partial charge is 0.329 e. The number of aromatic hydroxyl groups is 1. The Bertz CT molecular complexity index is 718. The van der Waals surface area contributed by atoms with E-state index < -0.39 is 47.8 Å². The van der Waals surface area contributed by atoms with Crippen molar-refractivity contribution < 1.29 is 29.3 Å². The van der Waals surface area contributed by atoms with Gasteiger partial charge in [-0.1, -0.05) is 12.1 Å². The molecule has 0 spiro atoms. The first-order valence-corrected chi connectivity index (χ1v) is 8.03. The van der Waals surface area contributed by atoms with Gasteiger partial charge in [-0.2, -0.15) is 0 Å². The van der Waals surface area contributed by atoms with Gasteiger partial charge in [0.1, 0.15) is 5.75 Å². The van der Waals surface area contributed by atoms with E-state index in [1.165, 1.54) is 19.2 Å². The van der Waals surface area contributed by atoms with E-state index in [1.807, 2.05) is 0 Å². The molecule has 2 saturated heterocycles. The van der Waals surface area contributed by atoms with Crippen molar-refractivity contribution in [2.24, 2.45) is 11.8 Å². The molecule has 3 rings (SSSR count). The van der Waals surface area contributed by atoms with E-state index in [2.05, 4.69) is 5.32 Å². The summed E-state index contributed by atoms with van der Waals surface area (Å²) in [7, 11) is 1.37. The molecule has 0 unspecified atom stereocenters. The fourth-order valence-electron chi connectivity index (χ4n) is 3.77. The standard InChI is InChI=1S/C17H20N2O6/c1-3-25-16(24)17(8-20)12-11(14(22)19(2)15(12)23)13(18-17)9-4-6-10(21)7-5-9/h4-7,11-13,18,20-21H,3,8H2,1-2H3/t11-,12+,13-,17-/m1/s1. The van der Waals surface area contributed by atoms with Gasteiger partial charge >= 0.3 is 5.97 Å². The fourth-order valence-corrected chi connectivity index (χ4v) is 3.77. The maximum Gasteiger partial charge on any atom is 0.329 e. The third-order valence-electron chi connectivity index (χ3n) is 5.02. The second kappa shape index (κ2) is 6.12. The summed E-state index contributed by atoms with van der Waals surface area (Å²) >= 11 is 0. The molecule has 2 amide bonds. The number of aliphatic hydroxyl groups is 1. The fraction of sp³-hybridized carbons (Fsp3) is 0.471. The van der Waals surface area contributed by atoms with Crippen LogP contribution in [-0.2, 0) is 19.1 Å². The Kier molecular flexibility index (Phi) is 4.26. The Morgan fingerprint density at radius 1 is 1.28 bits per heavy atom. The van der Waals surface area contributed by atoms with Crippen LogP contribution in [0, 0.1) is 11.8 Å². The van der Waals surface area contributed by atoms with Gasteiger partial charge in [0.25, 0.3) is 0 Å². The Hall–Kier alpha value is -2.45. The molecule has 0 saturated carbocycles. The van der Waals surface area contributed by atoms with Crippen LogP contribution in [0.4, 0.5) is 0 Å². The van der Waals surface area contributed by atoms with E-state index in [0.717, 1.165) is 4.90 Å². The summed E-state index contributed by atoms with van der Waals surface area (Å²) in [5.74, 6) is -3.52. The number of phenolic OH excluding ortho intramolecular Hbond substituents is 1. The zero-order valence-electron chi connectivity index (χ0n) is 13.9. The number of phenols is 1. The molecular weight excluding hydrogens is 328 g/mol. The summed E-state index contributed by atoms with van der Waals surface area (Å²) < 4.78 is 5.07. The lowest BCUT2D eigenvalue weighted by Gasteiger charge is -2.30. The number of imide groups is 1. The number of amides is 2. The number of carbonyl (C=O) groups excluding carboxylic acids is 3. The minimum atomic E-state index is -1.68. The van der Waals surface area contributed by atoms with Gasteiger partial charge in [0.2, 0.25) is 11.8 Å². The summed E-state index contributed by atoms with van der Waals surface area (Å²) in [6, 6.07) is 5.47. The molecule has 0 aromatic heterocycles. The minimum absolute atomic E-state index is 0.0584. The predicted molar refractivity (Wildman–Crippen MR) is 85.2 cm³/mol. The van der Waals surface area contributed by atoms with Gasteiger partial charge in [0.15, 0.2) is 5.54 Å². The summed E-state index contributed by atoms with van der Waals surface area (Å²) in [5, 5.41) is 22.4. The number of ether oxygens (including phenoxy) is 1. The first-order chi connectivity index (χ1) is 11.9. The van der Waals surface area contributed by atoms with Crippen molar-refractivity contribution in [3.8, 4) is 5.75 Å². The first-order valence-electron chi connectivity index (χ1n) is 8.03. The van der Waals surface area contributed by atoms with Crippen molar-refractivity contribution in [2.75, 3.05) is 20.3 Å². The Labute approximate surface area is 144 Å². The maximum absolute atomic E-state index is 12.6. The molecule has 134 valence electrons. The number of hydrogen-bond donors (Lipinski definition) is 3. The Morgan fingerprint density at radius 2 is 1.92 bits per heavy atom. The van der Waals surface area contributed by atoms with Crippen LogP contribution in [0.1, 0.15) is 18.5 Å². The number of aliphatic hydroxyl groups excluding tert-OH is 1. The molecule has 8 nitrogen and oxygen atoms in total. The zero-order chi connectivity index (χ0) is 18.4. The Balaban J connectivity index is 2.10. The molecule has 8 heteroatoms. The average molecular weight is 348 g/mol. The van der Waals surface area contributed by atoms with Crippen molar-refractivity contribution in [1.29, 1.82) is 0 Å². The lowest BCUT2D eigenvalue weighted by atomic mass is 9.79. The van der Waals surface area contributed by atoms with E-state index in [1.54, 1.807) is 19.1 Å². The van der Waals surface area contributed by atoms with E-state index in [0.29, 0.717) is 5.56 Å². The maximum atomic E-state index is 12.6. The van der Waals surface area contributed by atoms with Crippen LogP contribution in [0.2, 0.25) is 0 Å². The normalized spacial score (nSPS) is 31.3. The molecular formula is C17H20N2O6. The molecule has 0 radical (unpaired) electrons. The third-order valence-corrected chi connectivity index (χ3v) is 5.02. The highest BCUT2D eigenvalue weighted by Gasteiger charge is 2.68. The molecule has 2 heterocycles. The monoisotopic (exact) mass is 348 g/mol. The number of hydrogen-bond acceptors (Lipinski definition) is 7. The van der Waals surface area contributed by atoms with Gasteiger partial charge in [0.05, 0.1) is 25.0 Å². The van der Waals surface area contributed by atoms with Crippen LogP contribution >= 0.6 is 0 Å². The molecule has 2 fully saturated rings. The SMILES string of the molecule is CCOC(=O)[C@]1(CO)N[C@H](c2ccc(O)cc2)[C@@H]2C(=O)N(C)C(=O)[C@H]21. The van der Waals surface area contributed by atoms with Crippen molar-refractivity contribution in [2.45, 2.75) is 18.5 Å². The molecule has 2 aliphatic rings. The number of carbonyl (C=O) groups is 3. The van der Waals surface area contributed by atoms with Crippen LogP contribution in [0.5, 0.6) is 5.75 Å². The van der Waals surface area contributed by atoms with Crippen molar-refractivity contribution in [3.05, 3.63) is 29.8 Å². The molecule has 0 bridgehead atoms. The van der Waals surface area contributed by atoms with E-state index in [-0.39, 0.29) is 12.4 Å². The number of esters is 1. The van der Waals surface area contributed by atoms with Crippen molar-refractivity contribution in [3.63, 3.8) is 0 Å². The number of likely N-dealkylation sites (tertiary alicyclic amines) is 1. The molecule has 2 aliphatic heterocycles. The lowest BCUT2D eigenvalue weighted by molar-refractivity contribution is -0.158. The second-order valence-electron chi connectivity index (χ2n) is 6.30. The first kappa shape index (κ1) is 17.4. The van der Waals surface area contributed by atoms with Crippen molar-refractivity contribution >= 4 is 17.8 Å². The topological polar surface area (TPSA) is 116 Å². The molecule has 3 N–H and O–H groups in total. The molecule has 0 aliphatic carbocycles. The van der Waals surface area contributed by atoms with Crippen LogP contribution in [0.3, 0.4) is 0 Å². The largest absolute Gasteiger partial charge is 0.508 e. The van der Waals surface area contributed by atoms with Crippen LogP contribution in [0.25, 0.3) is 0 Å². The number of nitrogens with one attached hydrogen (secondary N) is 1. The highest BCUT2D eigenvalue weighted by molar-refractivity contribution is 6.09. The summed E-state index contributed by atoms with van der Waals surface area (Å²) in [6.45, 7) is 1.04. The van der Waals surface area contributed by atoms with Gasteiger partial charge in [-0.15, -0.1) is 0 Å². The number of benzene rings is 1. The van der Waals surface area contributed by atoms with Crippen molar-refractivity contribution in [1.82, 2.24) is 10.2 Å². The van der Waals surface area contributed by atoms with Gasteiger partial charge in [-0.3, -0.25) is 19.8 Å².